The van der Waals surface area contributed by atoms with Gasteiger partial charge in [-0.2, -0.15) is 0 Å². The van der Waals surface area contributed by atoms with Crippen LogP contribution in [-0.4, -0.2) is 34.3 Å². The lowest BCUT2D eigenvalue weighted by Gasteiger charge is -2.47. The van der Waals surface area contributed by atoms with E-state index < -0.39 is 5.54 Å². The molecule has 1 saturated heterocycles. The van der Waals surface area contributed by atoms with Crippen LogP contribution >= 0.6 is 0 Å². The number of carbonyl (C=O) groups excluding carboxylic acids is 2. The zero-order valence-electron chi connectivity index (χ0n) is 13.1. The first kappa shape index (κ1) is 15.3. The SMILES string of the molecule is CCC1(CC)NC(=O)C(C)N(C2CCCCCC2)C1=O. The van der Waals surface area contributed by atoms with E-state index in [1.54, 1.807) is 0 Å². The van der Waals surface area contributed by atoms with Crippen LogP contribution in [0.25, 0.3) is 0 Å². The Balaban J connectivity index is 2.27. The fourth-order valence-corrected chi connectivity index (χ4v) is 3.69. The summed E-state index contributed by atoms with van der Waals surface area (Å²) >= 11 is 0. The summed E-state index contributed by atoms with van der Waals surface area (Å²) in [6, 6.07) is -0.0691. The van der Waals surface area contributed by atoms with Crippen molar-refractivity contribution in [2.45, 2.75) is 89.8 Å². The maximum atomic E-state index is 13.0. The Morgan fingerprint density at radius 3 is 2.15 bits per heavy atom. The normalized spacial score (nSPS) is 28.1. The van der Waals surface area contributed by atoms with Gasteiger partial charge in [-0.3, -0.25) is 9.59 Å². The van der Waals surface area contributed by atoms with Gasteiger partial charge in [-0.15, -0.1) is 0 Å². The van der Waals surface area contributed by atoms with E-state index in [1.165, 1.54) is 25.7 Å². The van der Waals surface area contributed by atoms with Gasteiger partial charge in [0.05, 0.1) is 0 Å². The number of nitrogens with zero attached hydrogens (tertiary/aromatic N) is 1. The highest BCUT2D eigenvalue weighted by Crippen LogP contribution is 2.31. The fourth-order valence-electron chi connectivity index (χ4n) is 3.69. The Hall–Kier alpha value is -1.06. The lowest BCUT2D eigenvalue weighted by molar-refractivity contribution is -0.158. The highest BCUT2D eigenvalue weighted by Gasteiger charge is 2.49. The Morgan fingerprint density at radius 2 is 1.65 bits per heavy atom. The number of nitrogens with one attached hydrogen (secondary N) is 1. The summed E-state index contributed by atoms with van der Waals surface area (Å²) in [6.45, 7) is 5.85. The van der Waals surface area contributed by atoms with Crippen molar-refractivity contribution in [1.29, 1.82) is 0 Å². The number of amides is 2. The Labute approximate surface area is 122 Å². The van der Waals surface area contributed by atoms with E-state index in [0.717, 1.165) is 12.8 Å². The van der Waals surface area contributed by atoms with E-state index in [2.05, 4.69) is 5.32 Å². The van der Waals surface area contributed by atoms with Gasteiger partial charge in [0, 0.05) is 6.04 Å². The van der Waals surface area contributed by atoms with Gasteiger partial charge in [-0.05, 0) is 32.6 Å². The molecule has 1 saturated carbocycles. The summed E-state index contributed by atoms with van der Waals surface area (Å²) in [7, 11) is 0. The standard InChI is InChI=1S/C16H28N2O2/c1-4-16(5-2)15(20)18(12(3)14(19)17-16)13-10-8-6-7-9-11-13/h12-13H,4-11H2,1-3H3,(H,17,19). The fraction of sp³-hybridized carbons (Fsp3) is 0.875. The molecule has 1 N–H and O–H groups in total. The van der Waals surface area contributed by atoms with E-state index in [-0.39, 0.29) is 23.9 Å². The quantitative estimate of drug-likeness (QED) is 0.808. The third kappa shape index (κ3) is 2.57. The van der Waals surface area contributed by atoms with Crippen LogP contribution in [0, 0.1) is 0 Å². The molecule has 4 heteroatoms. The molecule has 0 spiro atoms. The summed E-state index contributed by atoms with van der Waals surface area (Å²) < 4.78 is 0. The van der Waals surface area contributed by atoms with Gasteiger partial charge in [0.25, 0.3) is 0 Å². The van der Waals surface area contributed by atoms with Crippen LogP contribution < -0.4 is 5.32 Å². The van der Waals surface area contributed by atoms with Crippen molar-refractivity contribution in [1.82, 2.24) is 10.2 Å². The molecule has 2 aliphatic rings. The maximum Gasteiger partial charge on any atom is 0.249 e. The summed E-state index contributed by atoms with van der Waals surface area (Å²) in [5.74, 6) is 0.152. The molecule has 2 amide bonds. The number of hydrogen-bond donors (Lipinski definition) is 1. The predicted octanol–water partition coefficient (Wildman–Crippen LogP) is 2.61. The van der Waals surface area contributed by atoms with E-state index in [1.807, 2.05) is 25.7 Å². The van der Waals surface area contributed by atoms with Crippen LogP contribution in [0.4, 0.5) is 0 Å². The monoisotopic (exact) mass is 280 g/mol. The molecule has 1 heterocycles. The molecule has 0 radical (unpaired) electrons. The number of piperazine rings is 1. The topological polar surface area (TPSA) is 49.4 Å². The molecular weight excluding hydrogens is 252 g/mol. The molecule has 2 fully saturated rings. The van der Waals surface area contributed by atoms with Gasteiger partial charge >= 0.3 is 0 Å². The molecule has 1 atom stereocenters. The molecule has 114 valence electrons. The van der Waals surface area contributed by atoms with Crippen LogP contribution in [0.3, 0.4) is 0 Å². The number of hydrogen-bond acceptors (Lipinski definition) is 2. The van der Waals surface area contributed by atoms with Crippen molar-refractivity contribution < 1.29 is 9.59 Å². The minimum atomic E-state index is -0.671. The Bertz CT molecular complexity index is 369. The second kappa shape index (κ2) is 6.15. The van der Waals surface area contributed by atoms with Crippen LogP contribution in [0.2, 0.25) is 0 Å². The number of carbonyl (C=O) groups is 2. The summed E-state index contributed by atoms with van der Waals surface area (Å²) in [4.78, 5) is 27.2. The Kier molecular flexibility index (Phi) is 4.71. The largest absolute Gasteiger partial charge is 0.340 e. The summed E-state index contributed by atoms with van der Waals surface area (Å²) in [5.41, 5.74) is -0.671. The van der Waals surface area contributed by atoms with Crippen LogP contribution in [0.1, 0.15) is 72.1 Å². The van der Waals surface area contributed by atoms with Gasteiger partial charge < -0.3 is 10.2 Å². The molecule has 0 bridgehead atoms. The number of rotatable bonds is 3. The molecule has 1 aliphatic heterocycles. The van der Waals surface area contributed by atoms with Crippen molar-refractivity contribution in [3.63, 3.8) is 0 Å². The molecular formula is C16H28N2O2. The van der Waals surface area contributed by atoms with Crippen LogP contribution in [0.5, 0.6) is 0 Å². The van der Waals surface area contributed by atoms with Crippen molar-refractivity contribution in [3.8, 4) is 0 Å². The van der Waals surface area contributed by atoms with Crippen LogP contribution in [0.15, 0.2) is 0 Å². The lowest BCUT2D eigenvalue weighted by Crippen LogP contribution is -2.71. The molecule has 1 unspecified atom stereocenters. The van der Waals surface area contributed by atoms with Crippen molar-refractivity contribution in [2.24, 2.45) is 0 Å². The smallest absolute Gasteiger partial charge is 0.249 e. The van der Waals surface area contributed by atoms with E-state index >= 15 is 0 Å². The Morgan fingerprint density at radius 1 is 1.10 bits per heavy atom. The molecule has 0 aromatic rings. The van der Waals surface area contributed by atoms with Gasteiger partial charge in [0.1, 0.15) is 11.6 Å². The van der Waals surface area contributed by atoms with Gasteiger partial charge in [0.2, 0.25) is 11.8 Å². The zero-order chi connectivity index (χ0) is 14.8. The van der Waals surface area contributed by atoms with Gasteiger partial charge in [0.15, 0.2) is 0 Å². The maximum absolute atomic E-state index is 13.0. The zero-order valence-corrected chi connectivity index (χ0v) is 13.1. The first-order chi connectivity index (χ1) is 9.55. The van der Waals surface area contributed by atoms with Crippen molar-refractivity contribution in [2.75, 3.05) is 0 Å². The third-order valence-electron chi connectivity index (χ3n) is 5.23. The first-order valence-electron chi connectivity index (χ1n) is 8.20. The van der Waals surface area contributed by atoms with Crippen molar-refractivity contribution in [3.05, 3.63) is 0 Å². The second-order valence-corrected chi connectivity index (χ2v) is 6.31. The highest BCUT2D eigenvalue weighted by atomic mass is 16.2. The van der Waals surface area contributed by atoms with Gasteiger partial charge in [-0.1, -0.05) is 39.5 Å². The molecule has 0 aromatic heterocycles. The molecule has 0 aromatic carbocycles. The van der Waals surface area contributed by atoms with Gasteiger partial charge in [-0.25, -0.2) is 0 Å². The van der Waals surface area contributed by atoms with E-state index in [9.17, 15) is 9.59 Å². The minimum Gasteiger partial charge on any atom is -0.340 e. The second-order valence-electron chi connectivity index (χ2n) is 6.31. The molecule has 4 nitrogen and oxygen atoms in total. The average Bonchev–Trinajstić information content (AvgIpc) is 2.72. The summed E-state index contributed by atoms with van der Waals surface area (Å²) in [5, 5.41) is 2.98. The first-order valence-corrected chi connectivity index (χ1v) is 8.20. The third-order valence-corrected chi connectivity index (χ3v) is 5.23. The van der Waals surface area contributed by atoms with E-state index in [0.29, 0.717) is 12.8 Å². The van der Waals surface area contributed by atoms with Crippen LogP contribution in [-0.2, 0) is 9.59 Å². The summed E-state index contributed by atoms with van der Waals surface area (Å²) in [6.07, 6.45) is 8.30. The van der Waals surface area contributed by atoms with E-state index in [4.69, 9.17) is 0 Å². The predicted molar refractivity (Wildman–Crippen MR) is 79.3 cm³/mol. The lowest BCUT2D eigenvalue weighted by atomic mass is 9.86. The molecule has 20 heavy (non-hydrogen) atoms. The minimum absolute atomic E-state index is 0.0116. The average molecular weight is 280 g/mol. The highest BCUT2D eigenvalue weighted by molar-refractivity contribution is 5.99. The molecule has 2 rings (SSSR count). The van der Waals surface area contributed by atoms with Crippen molar-refractivity contribution >= 4 is 11.8 Å². The molecule has 1 aliphatic carbocycles.